The molecule has 1 aromatic carbocycles. The van der Waals surface area contributed by atoms with E-state index in [1.165, 1.54) is 0 Å². The van der Waals surface area contributed by atoms with Gasteiger partial charge in [0.25, 0.3) is 5.56 Å². The molecule has 1 amide bonds. The van der Waals surface area contributed by atoms with Crippen LogP contribution in [0.1, 0.15) is 11.1 Å². The zero-order valence-corrected chi connectivity index (χ0v) is 13.3. The van der Waals surface area contributed by atoms with Gasteiger partial charge in [-0.3, -0.25) is 9.59 Å². The van der Waals surface area contributed by atoms with E-state index in [1.54, 1.807) is 0 Å². The Balaban J connectivity index is 2.27. The van der Waals surface area contributed by atoms with E-state index in [-0.39, 0.29) is 5.02 Å². The lowest BCUT2D eigenvalue weighted by molar-refractivity contribution is -0.138. The van der Waals surface area contributed by atoms with Crippen LogP contribution in [0.25, 0.3) is 0 Å². The van der Waals surface area contributed by atoms with Crippen molar-refractivity contribution in [2.75, 3.05) is 5.32 Å². The molecule has 26 heavy (non-hydrogen) atoms. The average molecular weight is 399 g/mol. The molecule has 0 saturated heterocycles. The van der Waals surface area contributed by atoms with E-state index in [9.17, 15) is 35.9 Å². The van der Waals surface area contributed by atoms with Gasteiger partial charge in [-0.15, -0.1) is 0 Å². The quantitative estimate of drug-likeness (QED) is 0.789. The number of carbonyl (C=O) groups excluding carboxylic acids is 1. The van der Waals surface area contributed by atoms with Crippen LogP contribution in [-0.2, 0) is 23.7 Å². The third-order valence-corrected chi connectivity index (χ3v) is 3.42. The average Bonchev–Trinajstić information content (AvgIpc) is 2.49. The van der Waals surface area contributed by atoms with Crippen LogP contribution < -0.4 is 10.9 Å². The number of halogens is 7. The topological polar surface area (TPSA) is 51.1 Å². The maximum absolute atomic E-state index is 13.0. The minimum absolute atomic E-state index is 0.218. The Hall–Kier alpha value is -2.49. The number of pyridine rings is 1. The Labute approximate surface area is 147 Å². The molecular formula is C15H9ClF6N2O2. The van der Waals surface area contributed by atoms with Crippen LogP contribution in [0.2, 0.25) is 5.02 Å². The molecule has 0 spiro atoms. The molecule has 0 radical (unpaired) electrons. The summed E-state index contributed by atoms with van der Waals surface area (Å²) in [4.78, 5) is 23.5. The van der Waals surface area contributed by atoms with Crippen molar-refractivity contribution >= 4 is 23.2 Å². The van der Waals surface area contributed by atoms with E-state index in [2.05, 4.69) is 0 Å². The van der Waals surface area contributed by atoms with Gasteiger partial charge in [-0.25, -0.2) is 0 Å². The fourth-order valence-electron chi connectivity index (χ4n) is 2.03. The Morgan fingerprint density at radius 2 is 1.69 bits per heavy atom. The minimum Gasteiger partial charge on any atom is -0.324 e. The summed E-state index contributed by atoms with van der Waals surface area (Å²) in [5, 5.41) is 1.70. The van der Waals surface area contributed by atoms with Gasteiger partial charge in [0.1, 0.15) is 6.54 Å². The number of hydrogen-bond donors (Lipinski definition) is 1. The fourth-order valence-corrected chi connectivity index (χ4v) is 2.20. The molecule has 1 heterocycles. The molecule has 0 atom stereocenters. The number of benzene rings is 1. The highest BCUT2D eigenvalue weighted by atomic mass is 35.5. The summed E-state index contributed by atoms with van der Waals surface area (Å²) in [5.41, 5.74) is -3.95. The van der Waals surface area contributed by atoms with Crippen LogP contribution in [0.4, 0.5) is 32.0 Å². The van der Waals surface area contributed by atoms with Gasteiger partial charge in [0.15, 0.2) is 0 Å². The van der Waals surface area contributed by atoms with Crippen molar-refractivity contribution in [2.45, 2.75) is 18.9 Å². The van der Waals surface area contributed by atoms with E-state index in [0.29, 0.717) is 29.0 Å². The Morgan fingerprint density at radius 1 is 1.04 bits per heavy atom. The van der Waals surface area contributed by atoms with Crippen LogP contribution in [0.3, 0.4) is 0 Å². The van der Waals surface area contributed by atoms with Crippen LogP contribution in [0, 0.1) is 0 Å². The Bertz CT molecular complexity index is 889. The standard InChI is InChI=1S/C15H9ClF6N2O2/c16-9-2-3-11(10(5-9)15(20,21)22)23-12(25)7-24-6-8(14(17,18)19)1-4-13(24)26/h1-6H,7H2,(H,23,25). The van der Waals surface area contributed by atoms with E-state index in [1.807, 2.05) is 5.32 Å². The van der Waals surface area contributed by atoms with E-state index >= 15 is 0 Å². The van der Waals surface area contributed by atoms with Gasteiger partial charge >= 0.3 is 12.4 Å². The lowest BCUT2D eigenvalue weighted by Gasteiger charge is -2.15. The summed E-state index contributed by atoms with van der Waals surface area (Å²) < 4.78 is 77.3. The summed E-state index contributed by atoms with van der Waals surface area (Å²) in [7, 11) is 0. The van der Waals surface area contributed by atoms with Gasteiger partial charge in [-0.2, -0.15) is 26.3 Å². The van der Waals surface area contributed by atoms with E-state index in [0.717, 1.165) is 12.1 Å². The molecule has 0 bridgehead atoms. The lowest BCUT2D eigenvalue weighted by Crippen LogP contribution is -2.28. The molecule has 2 aromatic rings. The van der Waals surface area contributed by atoms with Gasteiger partial charge in [-0.1, -0.05) is 11.6 Å². The second-order valence-corrected chi connectivity index (χ2v) is 5.55. The maximum Gasteiger partial charge on any atom is 0.418 e. The second kappa shape index (κ2) is 7.02. The van der Waals surface area contributed by atoms with Crippen molar-refractivity contribution in [1.29, 1.82) is 0 Å². The van der Waals surface area contributed by atoms with Crippen molar-refractivity contribution in [3.05, 3.63) is 63.0 Å². The van der Waals surface area contributed by atoms with Gasteiger partial charge < -0.3 is 9.88 Å². The highest BCUT2D eigenvalue weighted by Gasteiger charge is 2.34. The molecule has 140 valence electrons. The maximum atomic E-state index is 13.0. The summed E-state index contributed by atoms with van der Waals surface area (Å²) in [6, 6.07) is 3.74. The highest BCUT2D eigenvalue weighted by molar-refractivity contribution is 6.30. The van der Waals surface area contributed by atoms with E-state index in [4.69, 9.17) is 11.6 Å². The SMILES string of the molecule is O=C(Cn1cc(C(F)(F)F)ccc1=O)Nc1ccc(Cl)cc1C(F)(F)F. The molecule has 11 heteroatoms. The number of amides is 1. The number of nitrogens with one attached hydrogen (secondary N) is 1. The minimum atomic E-state index is -4.82. The van der Waals surface area contributed by atoms with Crippen LogP contribution >= 0.6 is 11.6 Å². The number of nitrogens with zero attached hydrogens (tertiary/aromatic N) is 1. The Morgan fingerprint density at radius 3 is 2.27 bits per heavy atom. The molecule has 0 saturated carbocycles. The first-order valence-electron chi connectivity index (χ1n) is 6.82. The first kappa shape index (κ1) is 19.8. The number of rotatable bonds is 3. The normalized spacial score (nSPS) is 12.1. The first-order valence-corrected chi connectivity index (χ1v) is 7.20. The molecule has 1 aromatic heterocycles. The van der Waals surface area contributed by atoms with Crippen LogP contribution in [0.15, 0.2) is 41.3 Å². The molecule has 0 aliphatic rings. The molecule has 1 N–H and O–H groups in total. The molecule has 0 aliphatic carbocycles. The van der Waals surface area contributed by atoms with Gasteiger partial charge in [0.2, 0.25) is 5.91 Å². The predicted octanol–water partition coefficient (Wildman–Crippen LogP) is 4.18. The highest BCUT2D eigenvalue weighted by Crippen LogP contribution is 2.36. The lowest BCUT2D eigenvalue weighted by atomic mass is 10.1. The first-order chi connectivity index (χ1) is 11.9. The second-order valence-electron chi connectivity index (χ2n) is 5.12. The molecule has 0 unspecified atom stereocenters. The zero-order chi connectivity index (χ0) is 19.7. The fraction of sp³-hybridized carbons (Fsp3) is 0.200. The number of carbonyl (C=O) groups is 1. The number of anilines is 1. The van der Waals surface area contributed by atoms with Crippen molar-refractivity contribution < 1.29 is 31.1 Å². The van der Waals surface area contributed by atoms with Crippen molar-refractivity contribution in [3.63, 3.8) is 0 Å². The molecule has 0 fully saturated rings. The molecule has 0 aliphatic heterocycles. The monoisotopic (exact) mass is 398 g/mol. The molecule has 2 rings (SSSR count). The van der Waals surface area contributed by atoms with E-state index < -0.39 is 47.2 Å². The van der Waals surface area contributed by atoms with Gasteiger partial charge in [0.05, 0.1) is 16.8 Å². The van der Waals surface area contributed by atoms with Gasteiger partial charge in [-0.05, 0) is 24.3 Å². The summed E-state index contributed by atoms with van der Waals surface area (Å²) in [6.07, 6.45) is -9.15. The summed E-state index contributed by atoms with van der Waals surface area (Å²) in [5.74, 6) is -1.11. The molecule has 4 nitrogen and oxygen atoms in total. The van der Waals surface area contributed by atoms with Crippen molar-refractivity contribution in [2.24, 2.45) is 0 Å². The third-order valence-electron chi connectivity index (χ3n) is 3.19. The van der Waals surface area contributed by atoms with Crippen molar-refractivity contribution in [1.82, 2.24) is 4.57 Å². The van der Waals surface area contributed by atoms with Gasteiger partial charge in [0, 0.05) is 17.3 Å². The summed E-state index contributed by atoms with van der Waals surface area (Å²) >= 11 is 5.51. The predicted molar refractivity (Wildman–Crippen MR) is 80.8 cm³/mol. The summed E-state index contributed by atoms with van der Waals surface area (Å²) in [6.45, 7) is -0.900. The number of hydrogen-bond acceptors (Lipinski definition) is 2. The Kier molecular flexibility index (Phi) is 5.36. The van der Waals surface area contributed by atoms with Crippen LogP contribution in [0.5, 0.6) is 0 Å². The van der Waals surface area contributed by atoms with Crippen LogP contribution in [-0.4, -0.2) is 10.5 Å². The third kappa shape index (κ3) is 4.78. The molecular weight excluding hydrogens is 390 g/mol. The smallest absolute Gasteiger partial charge is 0.324 e. The number of alkyl halides is 6. The zero-order valence-electron chi connectivity index (χ0n) is 12.6. The number of aromatic nitrogens is 1. The largest absolute Gasteiger partial charge is 0.418 e. The van der Waals surface area contributed by atoms with Crippen molar-refractivity contribution in [3.8, 4) is 0 Å².